The number of aryl methyl sites for hydroxylation is 1. The van der Waals surface area contributed by atoms with Crippen LogP contribution < -0.4 is 5.32 Å². The summed E-state index contributed by atoms with van der Waals surface area (Å²) < 4.78 is 35.2. The standard InChI is InChI=1S/C26H22ClN5O7S/c1-14(17-6-4-5-7-18(17)27)38-25(35)30-23-15(2)39-31-19(23)9-8-16-10-20-21(28-16)11-22(29-20)26(24(33)34)12-32(13-26)40(3,36)37/h4-7,10-11,14H,12-13H2,1-3H3,(H,30,35)(H,33,34). The minimum absolute atomic E-state index is 0.149. The molecule has 0 spiro atoms. The lowest BCUT2D eigenvalue weighted by Crippen LogP contribution is -2.62. The smallest absolute Gasteiger partial charge is 0.412 e. The van der Waals surface area contributed by atoms with Crippen molar-refractivity contribution in [3.63, 3.8) is 0 Å². The number of aliphatic carboxylic acids is 1. The van der Waals surface area contributed by atoms with Gasteiger partial charge in [0.15, 0.2) is 11.5 Å². The highest BCUT2D eigenvalue weighted by Crippen LogP contribution is 2.42. The lowest BCUT2D eigenvalue weighted by atomic mass is 9.78. The van der Waals surface area contributed by atoms with Gasteiger partial charge in [0.2, 0.25) is 10.0 Å². The lowest BCUT2D eigenvalue weighted by molar-refractivity contribution is -0.152. The summed E-state index contributed by atoms with van der Waals surface area (Å²) in [5, 5.41) is 16.8. The molecule has 1 aromatic heterocycles. The fourth-order valence-corrected chi connectivity index (χ4v) is 5.50. The molecule has 2 aromatic rings. The lowest BCUT2D eigenvalue weighted by Gasteiger charge is -2.45. The Balaban J connectivity index is 1.28. The molecule has 1 fully saturated rings. The molecule has 40 heavy (non-hydrogen) atoms. The molecular weight excluding hydrogens is 562 g/mol. The molecule has 12 nitrogen and oxygen atoms in total. The third kappa shape index (κ3) is 5.04. The van der Waals surface area contributed by atoms with Crippen LogP contribution in [0, 0.1) is 24.2 Å². The number of fused-ring (bicyclic) bond motifs is 1. The van der Waals surface area contributed by atoms with E-state index in [9.17, 15) is 23.1 Å². The van der Waals surface area contributed by atoms with E-state index < -0.39 is 33.6 Å². The Hall–Kier alpha value is -4.25. The van der Waals surface area contributed by atoms with Gasteiger partial charge >= 0.3 is 12.1 Å². The van der Waals surface area contributed by atoms with Crippen LogP contribution in [0.2, 0.25) is 5.02 Å². The number of amides is 1. The van der Waals surface area contributed by atoms with Gasteiger partial charge in [-0.2, -0.15) is 4.31 Å². The van der Waals surface area contributed by atoms with Crippen LogP contribution in [0.25, 0.3) is 0 Å². The van der Waals surface area contributed by atoms with E-state index in [1.54, 1.807) is 44.2 Å². The van der Waals surface area contributed by atoms with Gasteiger partial charge in [-0.05, 0) is 37.8 Å². The number of rotatable bonds is 6. The van der Waals surface area contributed by atoms with Gasteiger partial charge in [0.1, 0.15) is 22.9 Å². The number of carboxylic acid groups (broad SMARTS) is 1. The molecule has 0 saturated carbocycles. The number of nitrogens with zero attached hydrogens (tertiary/aromatic N) is 4. The predicted octanol–water partition coefficient (Wildman–Crippen LogP) is 3.32. The third-order valence-corrected chi connectivity index (χ3v) is 8.12. The number of ether oxygens (including phenoxy) is 1. The maximum absolute atomic E-state index is 12.5. The summed E-state index contributed by atoms with van der Waals surface area (Å²) in [4.78, 5) is 33.3. The second-order valence-electron chi connectivity index (χ2n) is 9.38. The predicted molar refractivity (Wildman–Crippen MR) is 146 cm³/mol. The van der Waals surface area contributed by atoms with Crippen molar-refractivity contribution in [3.05, 3.63) is 69.9 Å². The van der Waals surface area contributed by atoms with Crippen molar-refractivity contribution < 1.29 is 32.4 Å². The molecule has 0 aliphatic carbocycles. The molecule has 5 rings (SSSR count). The highest BCUT2D eigenvalue weighted by molar-refractivity contribution is 7.88. The van der Waals surface area contributed by atoms with E-state index in [4.69, 9.17) is 20.9 Å². The van der Waals surface area contributed by atoms with Crippen LogP contribution in [-0.4, -0.2) is 65.8 Å². The number of benzene rings is 1. The Kier molecular flexibility index (Phi) is 6.87. The largest absolute Gasteiger partial charge is 0.480 e. The normalized spacial score (nSPS) is 18.2. The number of hydrogen-bond acceptors (Lipinski definition) is 9. The first-order valence-electron chi connectivity index (χ1n) is 11.9. The number of allylic oxidation sites excluding steroid dienone is 3. The first-order chi connectivity index (χ1) is 18.9. The maximum Gasteiger partial charge on any atom is 0.412 e. The summed E-state index contributed by atoms with van der Waals surface area (Å²) in [6.45, 7) is 2.90. The number of carbonyl (C=O) groups excluding carboxylic acids is 1. The van der Waals surface area contributed by atoms with Gasteiger partial charge < -0.3 is 14.4 Å². The van der Waals surface area contributed by atoms with Crippen molar-refractivity contribution in [2.75, 3.05) is 24.7 Å². The van der Waals surface area contributed by atoms with Crippen LogP contribution in [-0.2, 0) is 19.6 Å². The summed E-state index contributed by atoms with van der Waals surface area (Å²) in [6, 6.07) is 7.03. The van der Waals surface area contributed by atoms with Crippen LogP contribution in [0.4, 0.5) is 10.5 Å². The number of anilines is 1. The van der Waals surface area contributed by atoms with Crippen LogP contribution in [0.15, 0.2) is 62.3 Å². The van der Waals surface area contributed by atoms with Crippen molar-refractivity contribution in [1.82, 2.24) is 9.46 Å². The zero-order chi connectivity index (χ0) is 28.8. The van der Waals surface area contributed by atoms with E-state index in [-0.39, 0.29) is 30.2 Å². The van der Waals surface area contributed by atoms with Gasteiger partial charge in [-0.3, -0.25) is 10.1 Å². The average Bonchev–Trinajstić information content (AvgIpc) is 3.50. The van der Waals surface area contributed by atoms with E-state index in [0.29, 0.717) is 33.5 Å². The summed E-state index contributed by atoms with van der Waals surface area (Å²) in [6.07, 6.45) is 2.77. The second-order valence-corrected chi connectivity index (χ2v) is 11.8. The van der Waals surface area contributed by atoms with Gasteiger partial charge in [0, 0.05) is 29.8 Å². The summed E-state index contributed by atoms with van der Waals surface area (Å²) in [7, 11) is -3.51. The first kappa shape index (κ1) is 27.3. The highest BCUT2D eigenvalue weighted by Gasteiger charge is 2.56. The molecule has 1 unspecified atom stereocenters. The Morgan fingerprint density at radius 1 is 1.20 bits per heavy atom. The quantitative estimate of drug-likeness (QED) is 0.489. The number of sulfonamides is 1. The number of aliphatic imine (C=N–C) groups is 2. The molecule has 206 valence electrons. The number of halogens is 1. The number of carbonyl (C=O) groups is 2. The number of carboxylic acids is 1. The Bertz CT molecular complexity index is 1740. The van der Waals surface area contributed by atoms with Crippen LogP contribution in [0.5, 0.6) is 0 Å². The number of hydrogen-bond donors (Lipinski definition) is 2. The van der Waals surface area contributed by atoms with Gasteiger partial charge in [-0.1, -0.05) is 35.0 Å². The van der Waals surface area contributed by atoms with E-state index in [2.05, 4.69) is 32.3 Å². The van der Waals surface area contributed by atoms with E-state index in [1.165, 1.54) is 6.08 Å². The van der Waals surface area contributed by atoms with Crippen molar-refractivity contribution in [2.45, 2.75) is 20.0 Å². The van der Waals surface area contributed by atoms with Gasteiger partial charge in [-0.25, -0.2) is 23.2 Å². The van der Waals surface area contributed by atoms with Crippen LogP contribution in [0.3, 0.4) is 0 Å². The molecule has 1 saturated heterocycles. The summed E-state index contributed by atoms with van der Waals surface area (Å²) in [5.41, 5.74) is 1.02. The van der Waals surface area contributed by atoms with Crippen LogP contribution >= 0.6 is 11.6 Å². The van der Waals surface area contributed by atoms with Gasteiger partial charge in [-0.15, -0.1) is 0 Å². The Labute approximate surface area is 234 Å². The molecule has 0 bridgehead atoms. The Morgan fingerprint density at radius 2 is 1.90 bits per heavy atom. The molecule has 2 N–H and O–H groups in total. The molecule has 1 amide bonds. The minimum atomic E-state index is -3.51. The fraction of sp³-hybridized carbons (Fsp3) is 0.269. The van der Waals surface area contributed by atoms with E-state index in [1.807, 2.05) is 0 Å². The zero-order valence-electron chi connectivity index (χ0n) is 21.4. The summed E-state index contributed by atoms with van der Waals surface area (Å²) in [5.74, 6) is 4.80. The van der Waals surface area contributed by atoms with Crippen molar-refractivity contribution in [3.8, 4) is 11.8 Å². The topological polar surface area (TPSA) is 164 Å². The highest BCUT2D eigenvalue weighted by atomic mass is 35.5. The SMILES string of the molecule is Cc1onc(C#CC2=CC3=NC(C4(C(=O)O)CN(S(C)(=O)=O)C4)=CC3=N2)c1NC(=O)OC(C)c1ccccc1Cl. The number of nitrogens with one attached hydrogen (secondary N) is 1. The van der Waals surface area contributed by atoms with Gasteiger partial charge in [0.25, 0.3) is 0 Å². The molecule has 0 radical (unpaired) electrons. The fourth-order valence-electron chi connectivity index (χ4n) is 4.30. The molecule has 14 heteroatoms. The van der Waals surface area contributed by atoms with Crippen molar-refractivity contribution in [2.24, 2.45) is 15.4 Å². The van der Waals surface area contributed by atoms with Crippen LogP contribution in [0.1, 0.15) is 30.0 Å². The molecule has 3 aliphatic rings. The first-order valence-corrected chi connectivity index (χ1v) is 14.1. The van der Waals surface area contributed by atoms with E-state index >= 15 is 0 Å². The molecule has 3 aliphatic heterocycles. The number of aromatic nitrogens is 1. The molecule has 1 atom stereocenters. The second kappa shape index (κ2) is 10.1. The zero-order valence-corrected chi connectivity index (χ0v) is 23.0. The van der Waals surface area contributed by atoms with Gasteiger partial charge in [0.05, 0.1) is 23.4 Å². The molecule has 1 aromatic carbocycles. The Morgan fingerprint density at radius 3 is 2.55 bits per heavy atom. The maximum atomic E-state index is 12.5. The average molecular weight is 584 g/mol. The van der Waals surface area contributed by atoms with Crippen molar-refractivity contribution in [1.29, 1.82) is 0 Å². The third-order valence-electron chi connectivity index (χ3n) is 6.58. The van der Waals surface area contributed by atoms with E-state index in [0.717, 1.165) is 10.6 Å². The van der Waals surface area contributed by atoms with Crippen molar-refractivity contribution >= 4 is 50.8 Å². The monoisotopic (exact) mass is 583 g/mol. The molecule has 4 heterocycles. The summed E-state index contributed by atoms with van der Waals surface area (Å²) >= 11 is 6.18. The minimum Gasteiger partial charge on any atom is -0.480 e. The molecular formula is C26H22ClN5O7S.